The Morgan fingerprint density at radius 3 is 3.07 bits per heavy atom. The molecule has 0 saturated carbocycles. The molecular weight excluding hydrogens is 182 g/mol. The van der Waals surface area contributed by atoms with E-state index in [9.17, 15) is 10.1 Å². The molecule has 0 unspecified atom stereocenters. The first-order chi connectivity index (χ1) is 6.68. The molecule has 0 radical (unpaired) electrons. The van der Waals surface area contributed by atoms with Crippen LogP contribution in [0.15, 0.2) is 35.8 Å². The lowest BCUT2D eigenvalue weighted by Crippen LogP contribution is -2.23. The summed E-state index contributed by atoms with van der Waals surface area (Å²) in [6.45, 7) is 0.570. The standard InChI is InChI=1S/C9H13N3O2/c10-9(7-12(13)14)11-6-8-4-2-1-3-5-8/h1-2,5,7,11H,3-4,6,10H2. The number of allylic oxidation sites excluding steroid dienone is 3. The molecule has 76 valence electrons. The summed E-state index contributed by atoms with van der Waals surface area (Å²) in [5.41, 5.74) is 6.56. The molecule has 0 aromatic heterocycles. The van der Waals surface area contributed by atoms with Crippen LogP contribution in [-0.2, 0) is 0 Å². The molecule has 0 aliphatic heterocycles. The molecule has 0 heterocycles. The fraction of sp³-hybridized carbons (Fsp3) is 0.333. The second-order valence-corrected chi connectivity index (χ2v) is 3.00. The number of nitrogens with two attached hydrogens (primary N) is 1. The molecule has 1 aliphatic rings. The minimum absolute atomic E-state index is 0.0884. The maximum Gasteiger partial charge on any atom is 0.273 e. The predicted octanol–water partition coefficient (Wildman–Crippen LogP) is 0.887. The number of nitrogens with zero attached hydrogens (tertiary/aromatic N) is 1. The second kappa shape index (κ2) is 5.06. The third-order valence-corrected chi connectivity index (χ3v) is 1.85. The van der Waals surface area contributed by atoms with Crippen LogP contribution in [0.25, 0.3) is 0 Å². The van der Waals surface area contributed by atoms with E-state index in [-0.39, 0.29) is 5.82 Å². The zero-order chi connectivity index (χ0) is 10.4. The van der Waals surface area contributed by atoms with Gasteiger partial charge in [0.05, 0.1) is 4.92 Å². The number of hydrogen-bond donors (Lipinski definition) is 2. The summed E-state index contributed by atoms with van der Waals surface area (Å²) in [5.74, 6) is 0.0884. The molecule has 1 rings (SSSR count). The Hall–Kier alpha value is -1.78. The molecule has 5 heteroatoms. The van der Waals surface area contributed by atoms with Crippen molar-refractivity contribution in [3.8, 4) is 0 Å². The normalized spacial score (nSPS) is 16.3. The van der Waals surface area contributed by atoms with Gasteiger partial charge in [-0.15, -0.1) is 0 Å². The molecule has 5 nitrogen and oxygen atoms in total. The minimum Gasteiger partial charge on any atom is -0.380 e. The summed E-state index contributed by atoms with van der Waals surface area (Å²) >= 11 is 0. The van der Waals surface area contributed by atoms with Gasteiger partial charge in [0.2, 0.25) is 0 Å². The van der Waals surface area contributed by atoms with E-state index >= 15 is 0 Å². The summed E-state index contributed by atoms with van der Waals surface area (Å²) < 4.78 is 0. The first-order valence-corrected chi connectivity index (χ1v) is 4.36. The summed E-state index contributed by atoms with van der Waals surface area (Å²) in [7, 11) is 0. The van der Waals surface area contributed by atoms with Gasteiger partial charge >= 0.3 is 0 Å². The van der Waals surface area contributed by atoms with Crippen LogP contribution in [0.2, 0.25) is 0 Å². The van der Waals surface area contributed by atoms with Gasteiger partial charge in [-0.05, 0) is 12.8 Å². The van der Waals surface area contributed by atoms with E-state index < -0.39 is 4.92 Å². The van der Waals surface area contributed by atoms with E-state index in [1.807, 2.05) is 0 Å². The van der Waals surface area contributed by atoms with Crippen LogP contribution in [0, 0.1) is 10.1 Å². The zero-order valence-corrected chi connectivity index (χ0v) is 7.77. The molecule has 0 atom stereocenters. The van der Waals surface area contributed by atoms with Crippen molar-refractivity contribution >= 4 is 0 Å². The smallest absolute Gasteiger partial charge is 0.273 e. The second-order valence-electron chi connectivity index (χ2n) is 3.00. The Morgan fingerprint density at radius 2 is 2.50 bits per heavy atom. The fourth-order valence-corrected chi connectivity index (χ4v) is 1.17. The molecule has 0 amide bonds. The average molecular weight is 195 g/mol. The minimum atomic E-state index is -0.572. The van der Waals surface area contributed by atoms with Crippen molar-refractivity contribution in [3.63, 3.8) is 0 Å². The molecule has 0 aromatic carbocycles. The van der Waals surface area contributed by atoms with Crippen LogP contribution in [0.3, 0.4) is 0 Å². The van der Waals surface area contributed by atoms with Gasteiger partial charge < -0.3 is 11.1 Å². The van der Waals surface area contributed by atoms with Gasteiger partial charge in [-0.2, -0.15) is 0 Å². The molecule has 0 saturated heterocycles. The van der Waals surface area contributed by atoms with E-state index in [0.29, 0.717) is 6.54 Å². The summed E-state index contributed by atoms with van der Waals surface area (Å²) in [6, 6.07) is 0. The van der Waals surface area contributed by atoms with Crippen LogP contribution in [0.4, 0.5) is 0 Å². The summed E-state index contributed by atoms with van der Waals surface area (Å²) in [6.07, 6.45) is 8.82. The van der Waals surface area contributed by atoms with Crippen molar-refractivity contribution in [2.24, 2.45) is 5.73 Å². The van der Waals surface area contributed by atoms with E-state index in [4.69, 9.17) is 5.73 Å². The molecule has 3 N–H and O–H groups in total. The SMILES string of the molecule is NC(=C[N+](=O)[O-])NCC1=CCC=CC1. The van der Waals surface area contributed by atoms with Crippen LogP contribution in [0.5, 0.6) is 0 Å². The van der Waals surface area contributed by atoms with Gasteiger partial charge in [0.1, 0.15) is 0 Å². The quantitative estimate of drug-likeness (QED) is 0.396. The Morgan fingerprint density at radius 1 is 1.71 bits per heavy atom. The van der Waals surface area contributed by atoms with Gasteiger partial charge in [-0.1, -0.05) is 23.8 Å². The highest BCUT2D eigenvalue weighted by molar-refractivity contribution is 5.16. The Balaban J connectivity index is 2.33. The van der Waals surface area contributed by atoms with Gasteiger partial charge in [-0.25, -0.2) is 0 Å². The van der Waals surface area contributed by atoms with E-state index in [1.54, 1.807) is 0 Å². The topological polar surface area (TPSA) is 81.2 Å². The maximum atomic E-state index is 10.0. The molecular formula is C9H13N3O2. The highest BCUT2D eigenvalue weighted by Crippen LogP contribution is 2.09. The van der Waals surface area contributed by atoms with E-state index in [2.05, 4.69) is 23.5 Å². The van der Waals surface area contributed by atoms with Crippen molar-refractivity contribution < 1.29 is 4.92 Å². The van der Waals surface area contributed by atoms with Crippen molar-refractivity contribution in [1.82, 2.24) is 5.32 Å². The van der Waals surface area contributed by atoms with Crippen molar-refractivity contribution in [2.75, 3.05) is 6.54 Å². The van der Waals surface area contributed by atoms with Crippen LogP contribution in [-0.4, -0.2) is 11.5 Å². The van der Waals surface area contributed by atoms with Crippen molar-refractivity contribution in [3.05, 3.63) is 45.9 Å². The molecule has 1 aliphatic carbocycles. The number of hydrogen-bond acceptors (Lipinski definition) is 4. The van der Waals surface area contributed by atoms with Gasteiger partial charge in [0.15, 0.2) is 5.82 Å². The largest absolute Gasteiger partial charge is 0.380 e. The molecule has 0 bridgehead atoms. The van der Waals surface area contributed by atoms with E-state index in [0.717, 1.165) is 19.0 Å². The first-order valence-electron chi connectivity index (χ1n) is 4.36. The average Bonchev–Trinajstić information content (AvgIpc) is 2.15. The monoisotopic (exact) mass is 195 g/mol. The fourth-order valence-electron chi connectivity index (χ4n) is 1.17. The summed E-state index contributed by atoms with van der Waals surface area (Å²) in [4.78, 5) is 9.47. The third-order valence-electron chi connectivity index (χ3n) is 1.85. The Kier molecular flexibility index (Phi) is 3.72. The first kappa shape index (κ1) is 10.3. The Labute approximate surface area is 82.1 Å². The summed E-state index contributed by atoms with van der Waals surface area (Å²) in [5, 5.41) is 12.8. The highest BCUT2D eigenvalue weighted by atomic mass is 16.6. The highest BCUT2D eigenvalue weighted by Gasteiger charge is 2.00. The van der Waals surface area contributed by atoms with Gasteiger partial charge in [0.25, 0.3) is 6.20 Å². The lowest BCUT2D eigenvalue weighted by Gasteiger charge is -2.09. The van der Waals surface area contributed by atoms with Gasteiger partial charge in [0, 0.05) is 6.54 Å². The molecule has 0 spiro atoms. The number of rotatable bonds is 4. The van der Waals surface area contributed by atoms with Crippen LogP contribution >= 0.6 is 0 Å². The van der Waals surface area contributed by atoms with Crippen LogP contribution in [0.1, 0.15) is 12.8 Å². The Bertz CT molecular complexity index is 303. The number of nitrogens with one attached hydrogen (secondary N) is 1. The van der Waals surface area contributed by atoms with Crippen molar-refractivity contribution in [2.45, 2.75) is 12.8 Å². The third kappa shape index (κ3) is 3.75. The molecule has 0 aromatic rings. The number of nitro groups is 1. The maximum absolute atomic E-state index is 10.0. The van der Waals surface area contributed by atoms with Crippen LogP contribution < -0.4 is 11.1 Å². The lowest BCUT2D eigenvalue weighted by molar-refractivity contribution is -0.403. The predicted molar refractivity (Wildman–Crippen MR) is 53.7 cm³/mol. The molecule has 14 heavy (non-hydrogen) atoms. The van der Waals surface area contributed by atoms with Gasteiger partial charge in [-0.3, -0.25) is 10.1 Å². The van der Waals surface area contributed by atoms with Crippen molar-refractivity contribution in [1.29, 1.82) is 0 Å². The lowest BCUT2D eigenvalue weighted by atomic mass is 10.1. The molecule has 0 fully saturated rings. The van der Waals surface area contributed by atoms with E-state index in [1.165, 1.54) is 5.57 Å². The zero-order valence-electron chi connectivity index (χ0n) is 7.77.